The van der Waals surface area contributed by atoms with E-state index in [0.717, 1.165) is 11.1 Å². The number of aliphatic hydroxyl groups excluding tert-OH is 3. The minimum absolute atomic E-state index is 0.0336. The van der Waals surface area contributed by atoms with Gasteiger partial charge < -0.3 is 69.7 Å². The summed E-state index contributed by atoms with van der Waals surface area (Å²) in [7, 11) is 6.34. The highest BCUT2D eigenvalue weighted by Gasteiger charge is 2.76. The predicted octanol–water partition coefficient (Wildman–Crippen LogP) is -0.0719. The van der Waals surface area contributed by atoms with Crippen molar-refractivity contribution in [3.05, 3.63) is 59.2 Å². The maximum atomic E-state index is 12.8. The molecule has 9 N–H and O–H groups in total. The Morgan fingerprint density at radius 2 is 1.86 bits per heavy atom. The van der Waals surface area contributed by atoms with E-state index in [0.29, 0.717) is 40.5 Å². The number of nitrogens with one attached hydrogen (secondary N) is 3. The highest BCUT2D eigenvalue weighted by molar-refractivity contribution is 5.81. The first kappa shape index (κ1) is 35.0. The van der Waals surface area contributed by atoms with Crippen LogP contribution in [-0.2, 0) is 16.1 Å². The van der Waals surface area contributed by atoms with Gasteiger partial charge in [-0.05, 0) is 55.1 Å². The van der Waals surface area contributed by atoms with E-state index < -0.39 is 54.0 Å². The molecule has 3 aromatic rings. The van der Waals surface area contributed by atoms with Gasteiger partial charge in [-0.1, -0.05) is 12.1 Å². The van der Waals surface area contributed by atoms with Crippen LogP contribution in [0, 0.1) is 0 Å². The van der Waals surface area contributed by atoms with Gasteiger partial charge in [0.15, 0.2) is 23.3 Å². The van der Waals surface area contributed by atoms with Crippen molar-refractivity contribution in [2.45, 2.75) is 53.9 Å². The Bertz CT molecular complexity index is 1860. The van der Waals surface area contributed by atoms with Crippen LogP contribution in [0.5, 0.6) is 34.5 Å². The Morgan fingerprint density at radius 1 is 1.08 bits per heavy atom. The van der Waals surface area contributed by atoms with Crippen LogP contribution in [0.4, 0.5) is 0 Å². The fourth-order valence-electron chi connectivity index (χ4n) is 7.98. The molecule has 0 aliphatic carbocycles. The molecule has 0 amide bonds. The van der Waals surface area contributed by atoms with Gasteiger partial charge in [0.05, 0.1) is 32.8 Å². The van der Waals surface area contributed by atoms with Crippen molar-refractivity contribution in [1.82, 2.24) is 16.0 Å². The maximum Gasteiger partial charge on any atom is 0.340 e. The first-order valence-electron chi connectivity index (χ1n) is 16.4. The van der Waals surface area contributed by atoms with Crippen molar-refractivity contribution in [3.8, 4) is 45.6 Å². The Kier molecular flexibility index (Phi) is 8.71. The summed E-state index contributed by atoms with van der Waals surface area (Å²) in [6.45, 7) is -0.705. The van der Waals surface area contributed by atoms with E-state index in [-0.39, 0.29) is 36.3 Å². The van der Waals surface area contributed by atoms with Crippen molar-refractivity contribution in [3.63, 3.8) is 0 Å². The molecule has 2 fully saturated rings. The molecular weight excluding hydrogens is 670 g/mol. The highest BCUT2D eigenvalue weighted by Crippen LogP contribution is 2.60. The average Bonchev–Trinajstić information content (AvgIpc) is 3.52. The lowest BCUT2D eigenvalue weighted by Crippen LogP contribution is -2.90. The first-order chi connectivity index (χ1) is 24.4. The third-order valence-electron chi connectivity index (χ3n) is 10.4. The van der Waals surface area contributed by atoms with E-state index in [4.69, 9.17) is 28.4 Å². The number of benzene rings is 3. The molecule has 0 saturated carbocycles. The number of phenols is 1. The molecule has 0 aromatic heterocycles. The smallest absolute Gasteiger partial charge is 0.340 e. The number of hydrogen-bond acceptors (Lipinski definition) is 15. The van der Waals surface area contributed by atoms with Gasteiger partial charge in [-0.15, -0.1) is 0 Å². The van der Waals surface area contributed by atoms with Crippen LogP contribution in [0.1, 0.15) is 28.7 Å². The molecule has 0 radical (unpaired) electrons. The summed E-state index contributed by atoms with van der Waals surface area (Å²) in [5.41, 5.74) is -1.87. The summed E-state index contributed by atoms with van der Waals surface area (Å²) in [6, 6.07) is 10.2. The Labute approximate surface area is 292 Å². The van der Waals surface area contributed by atoms with Crippen molar-refractivity contribution in [1.29, 1.82) is 0 Å². The van der Waals surface area contributed by atoms with Gasteiger partial charge in [0, 0.05) is 30.3 Å². The summed E-state index contributed by atoms with van der Waals surface area (Å²) in [5.74, 6) is -2.99. The normalized spacial score (nSPS) is 31.7. The number of carboxylic acids is 1. The lowest BCUT2D eigenvalue weighted by molar-refractivity contribution is -0.411. The van der Waals surface area contributed by atoms with Gasteiger partial charge in [0.2, 0.25) is 11.4 Å². The fraction of sp³-hybridized carbons (Fsp3) is 0.457. The van der Waals surface area contributed by atoms with Crippen LogP contribution >= 0.6 is 0 Å². The van der Waals surface area contributed by atoms with Crippen LogP contribution in [0.15, 0.2) is 42.5 Å². The van der Waals surface area contributed by atoms with E-state index in [1.165, 1.54) is 32.4 Å². The lowest BCUT2D eigenvalue weighted by atomic mass is 9.71. The summed E-state index contributed by atoms with van der Waals surface area (Å²) in [5, 5.41) is 74.5. The number of carboxylic acid groups (broad SMARTS) is 1. The van der Waals surface area contributed by atoms with Gasteiger partial charge >= 0.3 is 5.97 Å². The van der Waals surface area contributed by atoms with Gasteiger partial charge in [0.25, 0.3) is 5.79 Å². The highest BCUT2D eigenvalue weighted by atomic mass is 16.7. The van der Waals surface area contributed by atoms with E-state index in [9.17, 15) is 35.4 Å². The molecule has 7 rings (SSSR count). The Balaban J connectivity index is 1.38. The molecule has 4 aliphatic heterocycles. The second kappa shape index (κ2) is 12.7. The Morgan fingerprint density at radius 3 is 2.51 bits per heavy atom. The number of aliphatic hydroxyl groups is 4. The van der Waals surface area contributed by atoms with Crippen molar-refractivity contribution >= 4 is 5.97 Å². The number of aromatic hydroxyl groups is 1. The number of methoxy groups -OCH3 is 2. The second-order valence-electron chi connectivity index (χ2n) is 13.1. The molecule has 3 aromatic carbocycles. The molecule has 8 atom stereocenters. The third kappa shape index (κ3) is 5.01. The largest absolute Gasteiger partial charge is 0.508 e. The number of phenolic OH excluding ortho intramolecular Hbond substituents is 1. The zero-order chi connectivity index (χ0) is 36.5. The first-order valence-corrected chi connectivity index (χ1v) is 16.4. The van der Waals surface area contributed by atoms with Gasteiger partial charge in [0.1, 0.15) is 36.1 Å². The van der Waals surface area contributed by atoms with Gasteiger partial charge in [-0.25, -0.2) is 4.79 Å². The summed E-state index contributed by atoms with van der Waals surface area (Å²) in [6.07, 6.45) is -5.02. The molecule has 2 bridgehead atoms. The predicted molar refractivity (Wildman–Crippen MR) is 177 cm³/mol. The van der Waals surface area contributed by atoms with Gasteiger partial charge in [-0.3, -0.25) is 5.32 Å². The summed E-state index contributed by atoms with van der Waals surface area (Å²) in [4.78, 5) is 12.8. The minimum atomic E-state index is -2.67. The van der Waals surface area contributed by atoms with Crippen LogP contribution < -0.4 is 39.6 Å². The Hall–Kier alpha value is -4.39. The fourth-order valence-corrected chi connectivity index (χ4v) is 7.98. The quantitative estimate of drug-likeness (QED) is 0.134. The number of ether oxygens (including phenoxy) is 6. The van der Waals surface area contributed by atoms with Crippen LogP contribution in [0.2, 0.25) is 0 Å². The molecule has 16 nitrogen and oxygen atoms in total. The molecule has 0 spiro atoms. The topological polar surface area (TPSA) is 230 Å². The molecule has 4 heterocycles. The molecule has 51 heavy (non-hydrogen) atoms. The number of likely N-dealkylation sites (N-methyl/N-ethyl adjacent to an activating group) is 1. The number of fused-ring (bicyclic) bond motifs is 7. The second-order valence-corrected chi connectivity index (χ2v) is 13.1. The number of hydrogen-bond donors (Lipinski definition) is 9. The monoisotopic (exact) mass is 711 g/mol. The lowest BCUT2D eigenvalue weighted by Gasteiger charge is -2.61. The molecular formula is C35H41N3O13. The molecule has 0 unspecified atom stereocenters. The molecule has 2 saturated heterocycles. The van der Waals surface area contributed by atoms with Crippen LogP contribution in [0.3, 0.4) is 0 Å². The number of aliphatic carboxylic acids is 1. The molecule has 4 aliphatic rings. The summed E-state index contributed by atoms with van der Waals surface area (Å²) >= 11 is 0. The van der Waals surface area contributed by atoms with Gasteiger partial charge in [-0.2, -0.15) is 0 Å². The van der Waals surface area contributed by atoms with E-state index >= 15 is 0 Å². The zero-order valence-electron chi connectivity index (χ0n) is 28.3. The standard InChI is InChI=1S/C35H41N3O13/c1-36-12-17-9-23(46-3)28(47-4)29-25(17)21-14-48-22-11-19(10-20(26(22)27(21)49-29)16-6-5-7-18(40)8-16)50-33(15-39)30(41)35(45)31(42)34(51-33,32(43)44)24(37-2)13-38-35/h5-11,21,24,27,30-31,36-42,45H,12-15H2,1-4H3,(H,43,44)/t21-,24+,27-,30+,31-,33+,34+,35+/m1/s1. The average molecular weight is 712 g/mol. The zero-order valence-corrected chi connectivity index (χ0v) is 28.3. The molecule has 274 valence electrons. The van der Waals surface area contributed by atoms with Crippen LogP contribution in [0.25, 0.3) is 11.1 Å². The van der Waals surface area contributed by atoms with Crippen molar-refractivity contribution < 1.29 is 63.9 Å². The van der Waals surface area contributed by atoms with E-state index in [1.54, 1.807) is 25.3 Å². The van der Waals surface area contributed by atoms with E-state index in [1.807, 2.05) is 13.1 Å². The molecule has 16 heteroatoms. The number of carbonyl (C=O) groups is 1. The maximum absolute atomic E-state index is 12.8. The van der Waals surface area contributed by atoms with Crippen molar-refractivity contribution in [2.75, 3.05) is 48.1 Å². The number of piperidine rings is 1. The van der Waals surface area contributed by atoms with Crippen LogP contribution in [-0.4, -0.2) is 120 Å². The summed E-state index contributed by atoms with van der Waals surface area (Å²) < 4.78 is 36.7. The number of rotatable bonds is 10. The van der Waals surface area contributed by atoms with Crippen molar-refractivity contribution in [2.24, 2.45) is 0 Å². The minimum Gasteiger partial charge on any atom is -0.508 e. The SMILES string of the molecule is CNCc1cc(OC)c(OC)c2c1[C@H]1COc3cc(O[C@@]4(CO)O[C@@]5(C(=O)O)[C@@H](NC)CN[C@](O)([C@H]4O)[C@@H]5O)cc(-c4cccc(O)c4)c3[C@@H]1O2. The third-order valence-corrected chi connectivity index (χ3v) is 10.4. The van der Waals surface area contributed by atoms with E-state index in [2.05, 4.69) is 16.0 Å².